The molecule has 1 aliphatic carbocycles. The van der Waals surface area contributed by atoms with E-state index in [2.05, 4.69) is 15.3 Å². The number of halogens is 5. The number of carbonyl (C=O) groups is 2. The van der Waals surface area contributed by atoms with Gasteiger partial charge >= 0.3 is 12.2 Å². The minimum absolute atomic E-state index is 0.0371. The van der Waals surface area contributed by atoms with Gasteiger partial charge in [0.15, 0.2) is 5.82 Å². The number of aromatic nitrogens is 3. The van der Waals surface area contributed by atoms with Crippen molar-refractivity contribution in [2.45, 2.75) is 37.4 Å². The van der Waals surface area contributed by atoms with Gasteiger partial charge in [0.2, 0.25) is 5.91 Å². The summed E-state index contributed by atoms with van der Waals surface area (Å²) in [5.41, 5.74) is -2.78. The van der Waals surface area contributed by atoms with E-state index in [1.165, 1.54) is 17.3 Å². The molecule has 200 valence electrons. The largest absolute Gasteiger partial charge is 0.417 e. The Balaban J connectivity index is 1.42. The zero-order valence-corrected chi connectivity index (χ0v) is 19.9. The number of rotatable bonds is 5. The third-order valence-corrected chi connectivity index (χ3v) is 6.26. The van der Waals surface area contributed by atoms with Crippen LogP contribution in [0.1, 0.15) is 24.8 Å². The summed E-state index contributed by atoms with van der Waals surface area (Å²) in [4.78, 5) is 46.8. The number of hydrogen-bond acceptors (Lipinski definition) is 6. The molecular formula is C22H24F5N7O3. The first-order chi connectivity index (χ1) is 17.3. The maximum absolute atomic E-state index is 15.1. The van der Waals surface area contributed by atoms with Crippen molar-refractivity contribution in [1.29, 1.82) is 0 Å². The molecule has 37 heavy (non-hydrogen) atoms. The van der Waals surface area contributed by atoms with Crippen LogP contribution in [0.2, 0.25) is 0 Å². The number of urea groups is 1. The molecule has 2 N–H and O–H groups in total. The van der Waals surface area contributed by atoms with Crippen LogP contribution in [0.4, 0.5) is 44.1 Å². The number of pyridine rings is 1. The van der Waals surface area contributed by atoms with Gasteiger partial charge in [-0.05, 0) is 25.3 Å². The topological polar surface area (TPSA) is 112 Å². The summed E-state index contributed by atoms with van der Waals surface area (Å²) in [6.45, 7) is -0.727. The highest BCUT2D eigenvalue weighted by molar-refractivity contribution is 5.93. The molecule has 4 rings (SSSR count). The van der Waals surface area contributed by atoms with Crippen molar-refractivity contribution in [3.8, 4) is 0 Å². The van der Waals surface area contributed by atoms with Crippen molar-refractivity contribution in [1.82, 2.24) is 19.4 Å². The fourth-order valence-electron chi connectivity index (χ4n) is 4.02. The van der Waals surface area contributed by atoms with Crippen LogP contribution >= 0.6 is 0 Å². The van der Waals surface area contributed by atoms with Gasteiger partial charge in [0.05, 0.1) is 24.5 Å². The molecule has 0 spiro atoms. The van der Waals surface area contributed by atoms with Crippen molar-refractivity contribution < 1.29 is 31.5 Å². The Morgan fingerprint density at radius 3 is 2.41 bits per heavy atom. The van der Waals surface area contributed by atoms with Gasteiger partial charge in [-0.1, -0.05) is 0 Å². The first-order valence-corrected chi connectivity index (χ1v) is 11.3. The third kappa shape index (κ3) is 5.80. The number of nitrogens with zero attached hydrogens (tertiary/aromatic N) is 5. The fourth-order valence-corrected chi connectivity index (χ4v) is 4.02. The lowest BCUT2D eigenvalue weighted by molar-refractivity contribution is -0.138. The number of piperidine rings is 1. The Hall–Kier alpha value is -3.78. The molecule has 15 heteroatoms. The Bertz CT molecular complexity index is 1240. The third-order valence-electron chi connectivity index (χ3n) is 6.26. The molecular weight excluding hydrogens is 505 g/mol. The monoisotopic (exact) mass is 529 g/mol. The van der Waals surface area contributed by atoms with E-state index in [4.69, 9.17) is 0 Å². The van der Waals surface area contributed by atoms with Crippen molar-refractivity contribution in [3.63, 3.8) is 0 Å². The predicted octanol–water partition coefficient (Wildman–Crippen LogP) is 2.92. The van der Waals surface area contributed by atoms with E-state index in [1.807, 2.05) is 5.32 Å². The van der Waals surface area contributed by atoms with Crippen LogP contribution in [0.5, 0.6) is 0 Å². The molecule has 2 fully saturated rings. The maximum Gasteiger partial charge on any atom is 0.417 e. The van der Waals surface area contributed by atoms with Gasteiger partial charge in [0.25, 0.3) is 11.5 Å². The fraction of sp³-hybridized carbons (Fsp3) is 0.500. The Morgan fingerprint density at radius 2 is 1.84 bits per heavy atom. The van der Waals surface area contributed by atoms with Gasteiger partial charge in [-0.25, -0.2) is 23.5 Å². The summed E-state index contributed by atoms with van der Waals surface area (Å²) in [7, 11) is 2.16. The van der Waals surface area contributed by atoms with E-state index in [0.717, 1.165) is 26.9 Å². The van der Waals surface area contributed by atoms with Crippen LogP contribution in [-0.4, -0.2) is 63.5 Å². The lowest BCUT2D eigenvalue weighted by atomic mass is 9.99. The molecule has 3 amide bonds. The van der Waals surface area contributed by atoms with E-state index >= 15 is 8.78 Å². The summed E-state index contributed by atoms with van der Waals surface area (Å²) in [6, 6.07) is -2.28. The van der Waals surface area contributed by atoms with E-state index in [1.54, 1.807) is 0 Å². The number of anilines is 3. The highest BCUT2D eigenvalue weighted by Crippen LogP contribution is 2.34. The lowest BCUT2D eigenvalue weighted by Gasteiger charge is -2.42. The van der Waals surface area contributed by atoms with Gasteiger partial charge in [0.1, 0.15) is 17.5 Å². The smallest absolute Gasteiger partial charge is 0.349 e. The normalized spacial score (nSPS) is 19.3. The second kappa shape index (κ2) is 9.59. The van der Waals surface area contributed by atoms with E-state index < -0.39 is 47.5 Å². The van der Waals surface area contributed by atoms with E-state index in [-0.39, 0.29) is 36.4 Å². The first-order valence-electron chi connectivity index (χ1n) is 11.3. The summed E-state index contributed by atoms with van der Waals surface area (Å²) in [5, 5.41) is 4.63. The summed E-state index contributed by atoms with van der Waals surface area (Å²) < 4.78 is 70.1. The molecule has 0 aromatic carbocycles. The number of aryl methyl sites for hydroxylation is 1. The summed E-state index contributed by atoms with van der Waals surface area (Å²) in [5.74, 6) is -3.27. The predicted molar refractivity (Wildman–Crippen MR) is 122 cm³/mol. The number of nitrogens with one attached hydrogen (secondary N) is 2. The molecule has 1 aliphatic heterocycles. The summed E-state index contributed by atoms with van der Waals surface area (Å²) in [6.07, 6.45) is -0.245. The number of hydrogen-bond donors (Lipinski definition) is 2. The van der Waals surface area contributed by atoms with Gasteiger partial charge in [-0.2, -0.15) is 13.2 Å². The number of alkyl halides is 5. The van der Waals surface area contributed by atoms with Crippen LogP contribution in [0.3, 0.4) is 0 Å². The molecule has 0 bridgehead atoms. The average molecular weight is 529 g/mol. The van der Waals surface area contributed by atoms with Gasteiger partial charge < -0.3 is 25.0 Å². The van der Waals surface area contributed by atoms with Crippen LogP contribution in [-0.2, 0) is 18.0 Å². The molecule has 2 aliphatic rings. The van der Waals surface area contributed by atoms with Crippen molar-refractivity contribution >= 4 is 29.3 Å². The molecule has 1 unspecified atom stereocenters. The molecule has 3 heterocycles. The highest BCUT2D eigenvalue weighted by Gasteiger charge is 2.48. The average Bonchev–Trinajstić information content (AvgIpc) is 3.66. The van der Waals surface area contributed by atoms with Gasteiger partial charge in [0, 0.05) is 32.8 Å². The minimum atomic E-state index is -4.78. The molecule has 2 aromatic rings. The Labute approximate surface area is 207 Å². The quantitative estimate of drug-likeness (QED) is 0.577. The minimum Gasteiger partial charge on any atom is -0.349 e. The van der Waals surface area contributed by atoms with Crippen molar-refractivity contribution in [3.05, 3.63) is 40.6 Å². The number of amides is 3. The lowest BCUT2D eigenvalue weighted by Crippen LogP contribution is -2.59. The zero-order valence-electron chi connectivity index (χ0n) is 19.9. The van der Waals surface area contributed by atoms with Crippen LogP contribution < -0.4 is 21.1 Å². The molecule has 1 saturated carbocycles. The van der Waals surface area contributed by atoms with Crippen molar-refractivity contribution in [2.24, 2.45) is 13.0 Å². The molecule has 10 nitrogen and oxygen atoms in total. The Kier molecular flexibility index (Phi) is 6.81. The maximum atomic E-state index is 15.1. The SMILES string of the molecule is CN(C(=O)Nc1cc(C(F)(F)F)cn(C)c1=O)C1CCN(c2cnc(NC(=O)C3CC3)cn2)CC1(F)F. The second-order valence-corrected chi connectivity index (χ2v) is 9.11. The standard InChI is InChI=1S/C22H24F5N7O3/c1-32-10-13(22(25,26)27)7-14(19(32)36)30-20(37)33(2)15-5-6-34(11-21(15,23)24)17-9-28-16(8-29-17)31-18(35)12-3-4-12/h7-10,12,15H,3-6,11H2,1-2H3,(H,30,37)(H,28,31,35). The molecule has 2 aromatic heterocycles. The van der Waals surface area contributed by atoms with Crippen molar-refractivity contribution in [2.75, 3.05) is 35.7 Å². The van der Waals surface area contributed by atoms with E-state index in [0.29, 0.717) is 21.7 Å². The summed E-state index contributed by atoms with van der Waals surface area (Å²) >= 11 is 0. The molecule has 1 saturated heterocycles. The van der Waals surface area contributed by atoms with Gasteiger partial charge in [-0.15, -0.1) is 0 Å². The zero-order chi connectivity index (χ0) is 27.1. The van der Waals surface area contributed by atoms with Crippen LogP contribution in [0, 0.1) is 5.92 Å². The van der Waals surface area contributed by atoms with E-state index in [9.17, 15) is 27.6 Å². The highest BCUT2D eigenvalue weighted by atomic mass is 19.4. The van der Waals surface area contributed by atoms with Crippen LogP contribution in [0.25, 0.3) is 0 Å². The molecule has 1 atom stereocenters. The Morgan fingerprint density at radius 1 is 1.14 bits per heavy atom. The second-order valence-electron chi connectivity index (χ2n) is 9.11. The number of carbonyl (C=O) groups excluding carboxylic acids is 2. The van der Waals surface area contributed by atoms with Crippen LogP contribution in [0.15, 0.2) is 29.5 Å². The first kappa shape index (κ1) is 26.3. The molecule has 0 radical (unpaired) electrons. The van der Waals surface area contributed by atoms with Gasteiger partial charge in [-0.3, -0.25) is 9.59 Å².